The lowest BCUT2D eigenvalue weighted by Crippen LogP contribution is -2.11. The summed E-state index contributed by atoms with van der Waals surface area (Å²) < 4.78 is 17.4. The average molecular weight is 465 g/mol. The van der Waals surface area contributed by atoms with E-state index in [1.807, 2.05) is 24.3 Å². The van der Waals surface area contributed by atoms with E-state index in [0.717, 1.165) is 10.0 Å². The van der Waals surface area contributed by atoms with E-state index in [2.05, 4.69) is 15.9 Å². The number of ether oxygens (including phenoxy) is 3. The van der Waals surface area contributed by atoms with Crippen LogP contribution in [0.2, 0.25) is 0 Å². The van der Waals surface area contributed by atoms with Crippen LogP contribution in [0.1, 0.15) is 26.3 Å². The number of carbonyl (C=O) groups excluding carboxylic acids is 2. The molecule has 0 aromatic heterocycles. The van der Waals surface area contributed by atoms with Gasteiger partial charge in [0.05, 0.1) is 12.7 Å². The number of methoxy groups -OCH3 is 1. The van der Waals surface area contributed by atoms with Crippen molar-refractivity contribution in [3.63, 3.8) is 0 Å². The zero-order valence-corrected chi connectivity index (χ0v) is 17.6. The average Bonchev–Trinajstić information content (AvgIpc) is 3.06. The first-order valence-corrected chi connectivity index (χ1v) is 9.97. The summed E-state index contributed by atoms with van der Waals surface area (Å²) in [6, 6.07) is 19.3. The molecule has 0 N–H and O–H groups in total. The van der Waals surface area contributed by atoms with Crippen LogP contribution in [-0.2, 0) is 0 Å². The molecule has 30 heavy (non-hydrogen) atoms. The number of halogens is 1. The third kappa shape index (κ3) is 4.28. The van der Waals surface area contributed by atoms with E-state index in [4.69, 9.17) is 14.2 Å². The summed E-state index contributed by atoms with van der Waals surface area (Å²) in [6.07, 6.45) is 1.70. The monoisotopic (exact) mass is 464 g/mol. The molecule has 150 valence electrons. The van der Waals surface area contributed by atoms with Crippen molar-refractivity contribution in [2.45, 2.75) is 0 Å². The number of allylic oxidation sites excluding steroid dienone is 1. The van der Waals surface area contributed by atoms with Crippen LogP contribution in [0.4, 0.5) is 0 Å². The highest BCUT2D eigenvalue weighted by Crippen LogP contribution is 2.35. The summed E-state index contributed by atoms with van der Waals surface area (Å²) in [5.74, 6) is 1.44. The van der Waals surface area contributed by atoms with E-state index < -0.39 is 0 Å². The number of hydrogen-bond acceptors (Lipinski definition) is 5. The van der Waals surface area contributed by atoms with Gasteiger partial charge in [0.25, 0.3) is 0 Å². The van der Waals surface area contributed by atoms with Crippen LogP contribution in [0.3, 0.4) is 0 Å². The molecule has 0 amide bonds. The predicted molar refractivity (Wildman–Crippen MR) is 116 cm³/mol. The summed E-state index contributed by atoms with van der Waals surface area (Å²) >= 11 is 3.41. The lowest BCUT2D eigenvalue weighted by atomic mass is 10.1. The summed E-state index contributed by atoms with van der Waals surface area (Å²) in [6.45, 7) is -0.125. The van der Waals surface area contributed by atoms with E-state index in [9.17, 15) is 9.59 Å². The van der Waals surface area contributed by atoms with Crippen LogP contribution in [0.25, 0.3) is 6.08 Å². The minimum atomic E-state index is -0.189. The molecule has 0 saturated heterocycles. The third-order valence-electron chi connectivity index (χ3n) is 4.57. The number of Topliss-reactive ketones (excluding diaryl/α,β-unsaturated/α-hetero) is 2. The molecular formula is C24H17BrO5. The second-order valence-electron chi connectivity index (χ2n) is 6.59. The van der Waals surface area contributed by atoms with Crippen LogP contribution in [0.5, 0.6) is 17.2 Å². The molecule has 0 unspecified atom stereocenters. The minimum absolute atomic E-state index is 0.125. The lowest BCUT2D eigenvalue weighted by Gasteiger charge is -2.07. The van der Waals surface area contributed by atoms with Crippen LogP contribution >= 0.6 is 15.9 Å². The first-order valence-electron chi connectivity index (χ1n) is 9.17. The van der Waals surface area contributed by atoms with Gasteiger partial charge < -0.3 is 14.2 Å². The Morgan fingerprint density at radius 1 is 1.03 bits per heavy atom. The van der Waals surface area contributed by atoms with Crippen molar-refractivity contribution in [1.82, 2.24) is 0 Å². The molecule has 6 heteroatoms. The molecule has 1 heterocycles. The van der Waals surface area contributed by atoms with Gasteiger partial charge in [0.15, 0.2) is 18.1 Å². The van der Waals surface area contributed by atoms with E-state index in [-0.39, 0.29) is 23.9 Å². The van der Waals surface area contributed by atoms with Crippen LogP contribution in [0.15, 0.2) is 77.0 Å². The molecule has 0 saturated carbocycles. The second kappa shape index (κ2) is 8.55. The van der Waals surface area contributed by atoms with Gasteiger partial charge in [-0.3, -0.25) is 9.59 Å². The number of carbonyl (C=O) groups is 2. The molecule has 1 aliphatic heterocycles. The molecule has 3 aromatic carbocycles. The fourth-order valence-corrected chi connectivity index (χ4v) is 3.43. The topological polar surface area (TPSA) is 61.8 Å². The van der Waals surface area contributed by atoms with Gasteiger partial charge in [0.2, 0.25) is 5.78 Å². The number of rotatable bonds is 6. The van der Waals surface area contributed by atoms with Gasteiger partial charge in [0.1, 0.15) is 17.2 Å². The molecule has 0 radical (unpaired) electrons. The Bertz CT molecular complexity index is 1150. The predicted octanol–water partition coefficient (Wildman–Crippen LogP) is 5.34. The van der Waals surface area contributed by atoms with Gasteiger partial charge >= 0.3 is 0 Å². The highest BCUT2D eigenvalue weighted by atomic mass is 79.9. The van der Waals surface area contributed by atoms with E-state index in [0.29, 0.717) is 28.4 Å². The molecule has 0 spiro atoms. The number of ketones is 2. The van der Waals surface area contributed by atoms with E-state index >= 15 is 0 Å². The molecule has 0 fully saturated rings. The Hall–Kier alpha value is -3.38. The summed E-state index contributed by atoms with van der Waals surface area (Å²) in [4.78, 5) is 24.9. The van der Waals surface area contributed by atoms with Crippen molar-refractivity contribution in [2.24, 2.45) is 0 Å². The molecule has 0 atom stereocenters. The van der Waals surface area contributed by atoms with Crippen molar-refractivity contribution in [3.8, 4) is 17.2 Å². The highest BCUT2D eigenvalue weighted by molar-refractivity contribution is 9.10. The summed E-state index contributed by atoms with van der Waals surface area (Å²) in [5.41, 5.74) is 1.84. The maximum atomic E-state index is 12.6. The summed E-state index contributed by atoms with van der Waals surface area (Å²) in [7, 11) is 1.57. The third-order valence-corrected chi connectivity index (χ3v) is 5.06. The fraction of sp³-hybridized carbons (Fsp3) is 0.0833. The van der Waals surface area contributed by atoms with Crippen molar-refractivity contribution in [3.05, 3.63) is 93.7 Å². The molecule has 0 aliphatic carbocycles. The maximum absolute atomic E-state index is 12.6. The smallest absolute Gasteiger partial charge is 0.231 e. The van der Waals surface area contributed by atoms with Crippen molar-refractivity contribution < 1.29 is 23.8 Å². The number of hydrogen-bond donors (Lipinski definition) is 0. The lowest BCUT2D eigenvalue weighted by molar-refractivity contribution is 0.0921. The number of benzene rings is 3. The first kappa shape index (κ1) is 19.9. The van der Waals surface area contributed by atoms with E-state index in [1.165, 1.54) is 0 Å². The minimum Gasteiger partial charge on any atom is -0.497 e. The van der Waals surface area contributed by atoms with Gasteiger partial charge in [-0.2, -0.15) is 0 Å². The zero-order chi connectivity index (χ0) is 21.1. The van der Waals surface area contributed by atoms with Gasteiger partial charge in [-0.1, -0.05) is 28.1 Å². The standard InChI is InChI=1S/C24H17BrO5/c1-28-18-7-5-16(6-8-18)21(26)14-29-19-9-10-20-22(13-19)30-23(24(20)27)12-15-3-2-4-17(25)11-15/h2-13H,14H2,1H3. The van der Waals surface area contributed by atoms with Gasteiger partial charge in [-0.15, -0.1) is 0 Å². The summed E-state index contributed by atoms with van der Waals surface area (Å²) in [5, 5.41) is 0. The highest BCUT2D eigenvalue weighted by Gasteiger charge is 2.27. The second-order valence-corrected chi connectivity index (χ2v) is 7.51. The van der Waals surface area contributed by atoms with Gasteiger partial charge in [-0.25, -0.2) is 0 Å². The Balaban J connectivity index is 1.45. The molecule has 5 nitrogen and oxygen atoms in total. The van der Waals surface area contributed by atoms with Gasteiger partial charge in [-0.05, 0) is 60.2 Å². The Morgan fingerprint density at radius 2 is 1.80 bits per heavy atom. The molecule has 1 aliphatic rings. The van der Waals surface area contributed by atoms with E-state index in [1.54, 1.807) is 55.7 Å². The maximum Gasteiger partial charge on any atom is 0.231 e. The quantitative estimate of drug-likeness (QED) is 0.364. The largest absolute Gasteiger partial charge is 0.497 e. The van der Waals surface area contributed by atoms with Crippen molar-refractivity contribution in [2.75, 3.05) is 13.7 Å². The fourth-order valence-electron chi connectivity index (χ4n) is 3.01. The van der Waals surface area contributed by atoms with Crippen LogP contribution < -0.4 is 14.2 Å². The first-order chi connectivity index (χ1) is 14.5. The van der Waals surface area contributed by atoms with Crippen molar-refractivity contribution >= 4 is 33.6 Å². The normalized spacial score (nSPS) is 13.7. The Morgan fingerprint density at radius 3 is 2.53 bits per heavy atom. The SMILES string of the molecule is COc1ccc(C(=O)COc2ccc3c(c2)OC(=Cc2cccc(Br)c2)C3=O)cc1. The molecule has 3 aromatic rings. The number of fused-ring (bicyclic) bond motifs is 1. The molecular weight excluding hydrogens is 448 g/mol. The molecule has 0 bridgehead atoms. The van der Waals surface area contributed by atoms with Crippen LogP contribution in [0, 0.1) is 0 Å². The molecule has 4 rings (SSSR count). The Labute approximate surface area is 182 Å². The van der Waals surface area contributed by atoms with Gasteiger partial charge in [0, 0.05) is 16.1 Å². The van der Waals surface area contributed by atoms with Crippen molar-refractivity contribution in [1.29, 1.82) is 0 Å². The Kier molecular flexibility index (Phi) is 5.68. The van der Waals surface area contributed by atoms with Crippen LogP contribution in [-0.4, -0.2) is 25.3 Å². The zero-order valence-electron chi connectivity index (χ0n) is 16.1.